The Morgan fingerprint density at radius 1 is 1.24 bits per heavy atom. The number of thiophene rings is 2. The summed E-state index contributed by atoms with van der Waals surface area (Å²) in [5, 5.41) is 5.36. The lowest BCUT2D eigenvalue weighted by molar-refractivity contribution is -0.130. The molecule has 2 heterocycles. The van der Waals surface area contributed by atoms with E-state index >= 15 is 0 Å². The average molecular weight is 355 g/mol. The molecule has 21 heavy (non-hydrogen) atoms. The minimum Gasteiger partial charge on any atom is -0.212 e. The fraction of sp³-hybridized carbons (Fsp3) is 0.333. The maximum atomic E-state index is 12.2. The van der Waals surface area contributed by atoms with Crippen LogP contribution in [-0.2, 0) is 10.0 Å². The molecule has 2 aromatic heterocycles. The molecule has 2 rings (SSSR count). The molecule has 0 amide bonds. The summed E-state index contributed by atoms with van der Waals surface area (Å²) in [6, 6.07) is 4.62. The highest BCUT2D eigenvalue weighted by Crippen LogP contribution is 2.29. The topological polar surface area (TPSA) is 46.2 Å². The summed E-state index contributed by atoms with van der Waals surface area (Å²) in [5.74, 6) is -0.970. The maximum Gasteiger partial charge on any atom is 0.390 e. The second kappa shape index (κ2) is 6.47. The first-order valence-corrected chi connectivity index (χ1v) is 9.36. The normalized spacial score (nSPS) is 14.2. The molecule has 0 aliphatic rings. The van der Waals surface area contributed by atoms with Gasteiger partial charge in [-0.2, -0.15) is 24.5 Å². The molecule has 9 heteroatoms. The van der Waals surface area contributed by atoms with Crippen molar-refractivity contribution in [3.63, 3.8) is 0 Å². The molecule has 0 saturated carbocycles. The zero-order valence-corrected chi connectivity index (χ0v) is 13.1. The van der Waals surface area contributed by atoms with E-state index < -0.39 is 34.4 Å². The fourth-order valence-corrected chi connectivity index (χ4v) is 4.48. The molecule has 1 N–H and O–H groups in total. The molecule has 116 valence electrons. The molecule has 0 bridgehead atoms. The van der Waals surface area contributed by atoms with Crippen LogP contribution in [-0.4, -0.2) is 20.3 Å². The third-order valence-corrected chi connectivity index (χ3v) is 5.63. The van der Waals surface area contributed by atoms with Crippen molar-refractivity contribution in [2.45, 2.75) is 18.6 Å². The van der Waals surface area contributed by atoms with Crippen LogP contribution in [0.1, 0.15) is 22.9 Å². The standard InChI is InChI=1S/C12H12F3NO2S3/c13-12(14,15)4-7-21(17,18)16-11(9-3-6-19-8-9)10-2-1-5-20-10/h1-3,5-6,8,11,16H,4,7H2. The molecule has 0 aromatic carbocycles. The number of hydrogen-bond donors (Lipinski definition) is 1. The van der Waals surface area contributed by atoms with Crippen molar-refractivity contribution in [2.75, 3.05) is 5.75 Å². The van der Waals surface area contributed by atoms with Crippen LogP contribution in [0.15, 0.2) is 34.3 Å². The molecule has 0 radical (unpaired) electrons. The number of sulfonamides is 1. The quantitative estimate of drug-likeness (QED) is 0.857. The van der Waals surface area contributed by atoms with Crippen LogP contribution in [0.4, 0.5) is 13.2 Å². The Bertz CT molecular complexity index is 614. The van der Waals surface area contributed by atoms with Crippen LogP contribution in [0.5, 0.6) is 0 Å². The Labute approximate surface area is 128 Å². The molecule has 0 aliphatic heterocycles. The Balaban J connectivity index is 2.16. The summed E-state index contributed by atoms with van der Waals surface area (Å²) < 4.78 is 62.7. The predicted octanol–water partition coefficient (Wildman–Crippen LogP) is 3.77. The fourth-order valence-electron chi connectivity index (χ4n) is 1.67. The van der Waals surface area contributed by atoms with Crippen molar-refractivity contribution in [1.82, 2.24) is 4.72 Å². The highest BCUT2D eigenvalue weighted by Gasteiger charge is 2.31. The van der Waals surface area contributed by atoms with Crippen molar-refractivity contribution >= 4 is 32.7 Å². The van der Waals surface area contributed by atoms with Gasteiger partial charge in [-0.25, -0.2) is 13.1 Å². The van der Waals surface area contributed by atoms with E-state index in [9.17, 15) is 21.6 Å². The number of alkyl halides is 3. The molecule has 0 fully saturated rings. The molecular weight excluding hydrogens is 343 g/mol. The van der Waals surface area contributed by atoms with Crippen LogP contribution in [0.3, 0.4) is 0 Å². The number of hydrogen-bond acceptors (Lipinski definition) is 4. The van der Waals surface area contributed by atoms with Crippen molar-refractivity contribution < 1.29 is 21.6 Å². The van der Waals surface area contributed by atoms with Gasteiger partial charge in [0.25, 0.3) is 0 Å². The van der Waals surface area contributed by atoms with Crippen LogP contribution < -0.4 is 4.72 Å². The summed E-state index contributed by atoms with van der Waals surface area (Å²) in [6.45, 7) is 0. The van der Waals surface area contributed by atoms with Crippen LogP contribution in [0.2, 0.25) is 0 Å². The van der Waals surface area contributed by atoms with Gasteiger partial charge in [-0.15, -0.1) is 11.3 Å². The molecule has 0 aliphatic carbocycles. The van der Waals surface area contributed by atoms with E-state index in [1.807, 2.05) is 0 Å². The van der Waals surface area contributed by atoms with Gasteiger partial charge in [0.1, 0.15) is 0 Å². The van der Waals surface area contributed by atoms with E-state index in [0.717, 1.165) is 10.4 Å². The summed E-state index contributed by atoms with van der Waals surface area (Å²) in [4.78, 5) is 0.740. The van der Waals surface area contributed by atoms with E-state index in [2.05, 4.69) is 4.72 Å². The van der Waals surface area contributed by atoms with Crippen molar-refractivity contribution in [3.8, 4) is 0 Å². The summed E-state index contributed by atoms with van der Waals surface area (Å²) in [5.41, 5.74) is 0.720. The van der Waals surface area contributed by atoms with Crippen molar-refractivity contribution in [3.05, 3.63) is 44.8 Å². The van der Waals surface area contributed by atoms with Gasteiger partial charge >= 0.3 is 6.18 Å². The van der Waals surface area contributed by atoms with Crippen LogP contribution in [0, 0.1) is 0 Å². The minimum absolute atomic E-state index is 0.644. The smallest absolute Gasteiger partial charge is 0.212 e. The number of rotatable bonds is 6. The maximum absolute atomic E-state index is 12.2. The molecular formula is C12H12F3NO2S3. The second-order valence-electron chi connectivity index (χ2n) is 4.31. The van der Waals surface area contributed by atoms with E-state index in [1.165, 1.54) is 22.7 Å². The third kappa shape index (κ3) is 5.10. The van der Waals surface area contributed by atoms with E-state index in [-0.39, 0.29) is 0 Å². The first-order chi connectivity index (χ1) is 9.77. The lowest BCUT2D eigenvalue weighted by Crippen LogP contribution is -2.32. The average Bonchev–Trinajstić information content (AvgIpc) is 3.06. The second-order valence-corrected chi connectivity index (χ2v) is 7.94. The van der Waals surface area contributed by atoms with Gasteiger partial charge in [0, 0.05) is 4.88 Å². The van der Waals surface area contributed by atoms with Crippen LogP contribution in [0.25, 0.3) is 0 Å². The van der Waals surface area contributed by atoms with Gasteiger partial charge in [-0.05, 0) is 33.8 Å². The van der Waals surface area contributed by atoms with Gasteiger partial charge in [-0.3, -0.25) is 0 Å². The summed E-state index contributed by atoms with van der Waals surface area (Å²) in [7, 11) is -4.02. The molecule has 0 spiro atoms. The first kappa shape index (κ1) is 16.5. The SMILES string of the molecule is O=S(=O)(CCC(F)(F)F)NC(c1ccsc1)c1cccs1. The molecule has 1 unspecified atom stereocenters. The minimum atomic E-state index is -4.49. The largest absolute Gasteiger partial charge is 0.390 e. The van der Waals surface area contributed by atoms with E-state index in [4.69, 9.17) is 0 Å². The lowest BCUT2D eigenvalue weighted by Gasteiger charge is -2.17. The van der Waals surface area contributed by atoms with Gasteiger partial charge in [0.15, 0.2) is 0 Å². The van der Waals surface area contributed by atoms with Gasteiger partial charge in [0.05, 0.1) is 18.2 Å². The molecule has 3 nitrogen and oxygen atoms in total. The number of nitrogens with one attached hydrogen (secondary N) is 1. The Morgan fingerprint density at radius 3 is 2.52 bits per heavy atom. The van der Waals surface area contributed by atoms with Gasteiger partial charge < -0.3 is 0 Å². The summed E-state index contributed by atoms with van der Waals surface area (Å²) >= 11 is 2.75. The summed E-state index contributed by atoms with van der Waals surface area (Å²) in [6.07, 6.45) is -5.85. The van der Waals surface area contributed by atoms with Gasteiger partial charge in [0.2, 0.25) is 10.0 Å². The Morgan fingerprint density at radius 2 is 2.00 bits per heavy atom. The molecule has 1 atom stereocenters. The van der Waals surface area contributed by atoms with Crippen molar-refractivity contribution in [2.24, 2.45) is 0 Å². The van der Waals surface area contributed by atoms with Crippen LogP contribution >= 0.6 is 22.7 Å². The number of halogens is 3. The monoisotopic (exact) mass is 355 g/mol. The predicted molar refractivity (Wildman–Crippen MR) is 78.1 cm³/mol. The zero-order chi connectivity index (χ0) is 15.5. The lowest BCUT2D eigenvalue weighted by atomic mass is 10.1. The van der Waals surface area contributed by atoms with E-state index in [1.54, 1.807) is 34.3 Å². The zero-order valence-electron chi connectivity index (χ0n) is 10.6. The highest BCUT2D eigenvalue weighted by atomic mass is 32.2. The first-order valence-electron chi connectivity index (χ1n) is 5.89. The van der Waals surface area contributed by atoms with Gasteiger partial charge in [-0.1, -0.05) is 6.07 Å². The molecule has 0 saturated heterocycles. The van der Waals surface area contributed by atoms with E-state index in [0.29, 0.717) is 0 Å². The Hall–Kier alpha value is -0.900. The Kier molecular flexibility index (Phi) is 5.07. The highest BCUT2D eigenvalue weighted by molar-refractivity contribution is 7.89. The third-order valence-electron chi connectivity index (χ3n) is 2.66. The molecule has 2 aromatic rings. The van der Waals surface area contributed by atoms with Crippen molar-refractivity contribution in [1.29, 1.82) is 0 Å².